The van der Waals surface area contributed by atoms with Gasteiger partial charge in [-0.3, -0.25) is 4.79 Å². The zero-order valence-electron chi connectivity index (χ0n) is 18.1. The van der Waals surface area contributed by atoms with Gasteiger partial charge in [-0.05, 0) is 49.6 Å². The molecule has 0 unspecified atom stereocenters. The van der Waals surface area contributed by atoms with Crippen molar-refractivity contribution in [2.45, 2.75) is 19.8 Å². The molecule has 0 radical (unpaired) electrons. The topological polar surface area (TPSA) is 77.1 Å². The molecule has 33 heavy (non-hydrogen) atoms. The molecule has 0 saturated carbocycles. The van der Waals surface area contributed by atoms with Crippen LogP contribution in [0.5, 0.6) is 0 Å². The number of benzene rings is 3. The lowest BCUT2D eigenvalue weighted by Gasteiger charge is -2.28. The van der Waals surface area contributed by atoms with Gasteiger partial charge in [0, 0.05) is 17.8 Å². The number of carbonyl (C=O) groups excluding carboxylic acids is 1. The minimum absolute atomic E-state index is 0.123. The van der Waals surface area contributed by atoms with Gasteiger partial charge in [-0.1, -0.05) is 58.9 Å². The first-order chi connectivity index (χ1) is 16.2. The van der Waals surface area contributed by atoms with E-state index in [0.29, 0.717) is 23.7 Å². The molecule has 3 aromatic carbocycles. The van der Waals surface area contributed by atoms with E-state index in [0.717, 1.165) is 40.7 Å². The molecule has 0 fully saturated rings. The maximum absolute atomic E-state index is 13.4. The minimum atomic E-state index is -0.123. The maximum atomic E-state index is 13.4. The van der Waals surface area contributed by atoms with Crippen molar-refractivity contribution in [1.29, 1.82) is 0 Å². The van der Waals surface area contributed by atoms with Gasteiger partial charge in [0.15, 0.2) is 11.5 Å². The van der Waals surface area contributed by atoms with Gasteiger partial charge >= 0.3 is 0 Å². The van der Waals surface area contributed by atoms with Crippen molar-refractivity contribution in [1.82, 2.24) is 20.2 Å². The third-order valence-corrected chi connectivity index (χ3v) is 6.19. The maximum Gasteiger partial charge on any atom is 0.280 e. The molecule has 7 nitrogen and oxygen atoms in total. The zero-order chi connectivity index (χ0) is 22.4. The molecule has 0 saturated heterocycles. The molecule has 0 spiro atoms. The molecule has 1 amide bonds. The molecule has 1 aliphatic rings. The lowest BCUT2D eigenvalue weighted by atomic mass is 10.0. The summed E-state index contributed by atoms with van der Waals surface area (Å²) in [4.78, 5) is 15.2. The molecule has 7 heteroatoms. The summed E-state index contributed by atoms with van der Waals surface area (Å²) in [6, 6.07) is 23.7. The first-order valence-electron chi connectivity index (χ1n) is 11.0. The molecule has 162 valence electrons. The van der Waals surface area contributed by atoms with Gasteiger partial charge in [0.05, 0.1) is 16.8 Å². The van der Waals surface area contributed by atoms with E-state index in [1.54, 1.807) is 4.68 Å². The molecule has 0 aliphatic carbocycles. The number of para-hydroxylation sites is 1. The molecule has 3 heterocycles. The summed E-state index contributed by atoms with van der Waals surface area (Å²) in [5.74, 6) is 0.577. The summed E-state index contributed by atoms with van der Waals surface area (Å²) in [6.45, 7) is 2.55. The fourth-order valence-corrected chi connectivity index (χ4v) is 4.50. The van der Waals surface area contributed by atoms with Crippen LogP contribution in [0.2, 0.25) is 0 Å². The van der Waals surface area contributed by atoms with Crippen LogP contribution >= 0.6 is 0 Å². The number of aromatic nitrogens is 4. The van der Waals surface area contributed by atoms with Crippen LogP contribution in [0.15, 0.2) is 77.3 Å². The fraction of sp³-hybridized carbons (Fsp3) is 0.154. The summed E-state index contributed by atoms with van der Waals surface area (Å²) in [7, 11) is 0. The van der Waals surface area contributed by atoms with Gasteiger partial charge in [0.2, 0.25) is 0 Å². The molecule has 0 atom stereocenters. The van der Waals surface area contributed by atoms with Crippen molar-refractivity contribution in [2.24, 2.45) is 0 Å². The zero-order valence-corrected chi connectivity index (χ0v) is 18.1. The Labute approximate surface area is 190 Å². The van der Waals surface area contributed by atoms with E-state index in [1.807, 2.05) is 78.6 Å². The smallest absolute Gasteiger partial charge is 0.280 e. The Kier molecular flexibility index (Phi) is 4.54. The Bertz CT molecular complexity index is 1490. The Morgan fingerprint density at radius 3 is 2.70 bits per heavy atom. The van der Waals surface area contributed by atoms with Crippen LogP contribution in [0.4, 0.5) is 5.69 Å². The van der Waals surface area contributed by atoms with Crippen molar-refractivity contribution in [3.63, 3.8) is 0 Å². The van der Waals surface area contributed by atoms with Crippen LogP contribution in [0.25, 0.3) is 27.9 Å². The first kappa shape index (κ1) is 19.4. The normalized spacial score (nSPS) is 13.3. The molecule has 0 N–H and O–H groups in total. The number of nitrogens with zero attached hydrogens (tertiary/aromatic N) is 5. The predicted molar refractivity (Wildman–Crippen MR) is 126 cm³/mol. The van der Waals surface area contributed by atoms with E-state index in [1.165, 1.54) is 5.56 Å². The van der Waals surface area contributed by atoms with Gasteiger partial charge < -0.3 is 9.42 Å². The molecule has 2 aromatic heterocycles. The number of amides is 1. The Balaban J connectivity index is 1.38. The monoisotopic (exact) mass is 435 g/mol. The Morgan fingerprint density at radius 2 is 1.82 bits per heavy atom. The SMILES string of the molecule is Cc1c(C(=O)N2CCCc3ccccc32)nnn1-c1ccc2noc(-c3ccccc3)c2c1. The highest BCUT2D eigenvalue weighted by atomic mass is 16.5. The van der Waals surface area contributed by atoms with Crippen LogP contribution in [-0.4, -0.2) is 32.6 Å². The van der Waals surface area contributed by atoms with E-state index in [9.17, 15) is 4.79 Å². The predicted octanol–water partition coefficient (Wildman–Crippen LogP) is 4.98. The van der Waals surface area contributed by atoms with E-state index < -0.39 is 0 Å². The average molecular weight is 435 g/mol. The summed E-state index contributed by atoms with van der Waals surface area (Å²) in [6.07, 6.45) is 1.91. The van der Waals surface area contributed by atoms with Crippen LogP contribution < -0.4 is 4.90 Å². The summed E-state index contributed by atoms with van der Waals surface area (Å²) < 4.78 is 7.32. The standard InChI is InChI=1S/C26H21N5O2/c1-17-24(26(32)30-15-7-11-18-8-5-6-12-23(18)30)27-29-31(17)20-13-14-22-21(16-20)25(33-28-22)19-9-3-2-4-10-19/h2-6,8-10,12-14,16H,7,11,15H2,1H3. The fourth-order valence-electron chi connectivity index (χ4n) is 4.50. The van der Waals surface area contributed by atoms with E-state index >= 15 is 0 Å². The summed E-state index contributed by atoms with van der Waals surface area (Å²) in [5, 5.41) is 13.7. The number of aryl methyl sites for hydroxylation is 1. The number of hydrogen-bond acceptors (Lipinski definition) is 5. The van der Waals surface area contributed by atoms with Crippen LogP contribution in [0.3, 0.4) is 0 Å². The molecular formula is C26H21N5O2. The summed E-state index contributed by atoms with van der Waals surface area (Å²) >= 11 is 0. The van der Waals surface area contributed by atoms with Crippen LogP contribution in [-0.2, 0) is 6.42 Å². The van der Waals surface area contributed by atoms with Crippen molar-refractivity contribution in [2.75, 3.05) is 11.4 Å². The van der Waals surface area contributed by atoms with Crippen molar-refractivity contribution in [3.8, 4) is 17.0 Å². The molecule has 1 aliphatic heterocycles. The van der Waals surface area contributed by atoms with Crippen LogP contribution in [0, 0.1) is 6.92 Å². The lowest BCUT2D eigenvalue weighted by Crippen LogP contribution is -2.36. The quantitative estimate of drug-likeness (QED) is 0.400. The molecule has 0 bridgehead atoms. The molecule has 6 rings (SSSR count). The van der Waals surface area contributed by atoms with E-state index in [4.69, 9.17) is 4.52 Å². The van der Waals surface area contributed by atoms with Gasteiger partial charge in [-0.15, -0.1) is 5.10 Å². The van der Waals surface area contributed by atoms with Crippen LogP contribution in [0.1, 0.15) is 28.2 Å². The van der Waals surface area contributed by atoms with Gasteiger partial charge in [0.1, 0.15) is 5.52 Å². The van der Waals surface area contributed by atoms with Crippen molar-refractivity contribution < 1.29 is 9.32 Å². The van der Waals surface area contributed by atoms with Crippen molar-refractivity contribution >= 4 is 22.5 Å². The third kappa shape index (κ3) is 3.20. The largest absolute Gasteiger partial charge is 0.355 e. The van der Waals surface area contributed by atoms with Gasteiger partial charge in [-0.2, -0.15) is 0 Å². The number of hydrogen-bond donors (Lipinski definition) is 0. The highest BCUT2D eigenvalue weighted by molar-refractivity contribution is 6.06. The lowest BCUT2D eigenvalue weighted by molar-refractivity contribution is 0.0979. The summed E-state index contributed by atoms with van der Waals surface area (Å²) in [5.41, 5.74) is 5.71. The Morgan fingerprint density at radius 1 is 1.00 bits per heavy atom. The highest BCUT2D eigenvalue weighted by Crippen LogP contribution is 2.31. The van der Waals surface area contributed by atoms with Crippen molar-refractivity contribution in [3.05, 3.63) is 89.7 Å². The van der Waals surface area contributed by atoms with E-state index in [-0.39, 0.29) is 5.91 Å². The number of fused-ring (bicyclic) bond motifs is 2. The highest BCUT2D eigenvalue weighted by Gasteiger charge is 2.27. The average Bonchev–Trinajstić information content (AvgIpc) is 3.47. The van der Waals surface area contributed by atoms with Gasteiger partial charge in [-0.25, -0.2) is 4.68 Å². The first-order valence-corrected chi connectivity index (χ1v) is 11.0. The molecular weight excluding hydrogens is 414 g/mol. The second-order valence-corrected chi connectivity index (χ2v) is 8.20. The second kappa shape index (κ2) is 7.70. The van der Waals surface area contributed by atoms with E-state index in [2.05, 4.69) is 21.5 Å². The third-order valence-electron chi connectivity index (χ3n) is 6.19. The number of rotatable bonds is 3. The molecule has 5 aromatic rings. The Hall–Kier alpha value is -4.26. The number of carbonyl (C=O) groups is 1. The second-order valence-electron chi connectivity index (χ2n) is 8.20. The number of anilines is 1. The minimum Gasteiger partial charge on any atom is -0.355 e. The van der Waals surface area contributed by atoms with Gasteiger partial charge in [0.25, 0.3) is 5.91 Å².